The van der Waals surface area contributed by atoms with Gasteiger partial charge in [-0.05, 0) is 124 Å². The zero-order valence-corrected chi connectivity index (χ0v) is 32.5. The summed E-state index contributed by atoms with van der Waals surface area (Å²) in [5, 5.41) is 74.5. The number of carboxylic acid groups (broad SMARTS) is 1. The lowest BCUT2D eigenvalue weighted by atomic mass is 9.32. The van der Waals surface area contributed by atoms with E-state index < -0.39 is 84.8 Å². The molecule has 0 radical (unpaired) electrons. The highest BCUT2D eigenvalue weighted by Crippen LogP contribution is 2.77. The van der Waals surface area contributed by atoms with Gasteiger partial charge in [-0.15, -0.1) is 0 Å². The van der Waals surface area contributed by atoms with Gasteiger partial charge >= 0.3 is 5.97 Å². The van der Waals surface area contributed by atoms with Gasteiger partial charge in [-0.25, -0.2) is 0 Å². The third kappa shape index (κ3) is 5.62. The van der Waals surface area contributed by atoms with Gasteiger partial charge in [0.25, 0.3) is 0 Å². The first-order chi connectivity index (χ1) is 24.8. The van der Waals surface area contributed by atoms with Crippen LogP contribution in [-0.2, 0) is 23.7 Å². The molecule has 302 valence electrons. The summed E-state index contributed by atoms with van der Waals surface area (Å²) in [6.45, 7) is 16.8. The fourth-order valence-electron chi connectivity index (χ4n) is 14.3. The summed E-state index contributed by atoms with van der Waals surface area (Å²) in [4.78, 5) is 13.0. The van der Waals surface area contributed by atoms with E-state index in [2.05, 4.69) is 41.2 Å². The largest absolute Gasteiger partial charge is 0.481 e. The Bertz CT molecular complexity index is 1410. The van der Waals surface area contributed by atoms with Crippen LogP contribution in [0.3, 0.4) is 0 Å². The molecule has 5 saturated carbocycles. The summed E-state index contributed by atoms with van der Waals surface area (Å²) < 4.78 is 24.4. The van der Waals surface area contributed by atoms with Gasteiger partial charge in [-0.2, -0.15) is 0 Å². The molecule has 53 heavy (non-hydrogen) atoms. The number of hydrogen-bond acceptors (Lipinski definition) is 11. The number of rotatable bonds is 8. The van der Waals surface area contributed by atoms with Gasteiger partial charge in [0.2, 0.25) is 0 Å². The van der Waals surface area contributed by atoms with Crippen molar-refractivity contribution in [2.45, 2.75) is 167 Å². The van der Waals surface area contributed by atoms with Crippen LogP contribution in [0.25, 0.3) is 0 Å². The van der Waals surface area contributed by atoms with Crippen molar-refractivity contribution in [3.8, 4) is 0 Å². The molecule has 0 amide bonds. The van der Waals surface area contributed by atoms with Crippen LogP contribution in [0.5, 0.6) is 0 Å². The van der Waals surface area contributed by atoms with E-state index in [4.69, 9.17) is 18.9 Å². The second kappa shape index (κ2) is 13.7. The molecule has 2 saturated heterocycles. The molecule has 0 spiro atoms. The molecule has 7 aliphatic rings. The molecule has 2 heterocycles. The lowest BCUT2D eigenvalue weighted by molar-refractivity contribution is -0.330. The van der Waals surface area contributed by atoms with E-state index in [1.54, 1.807) is 6.92 Å². The first-order valence-electron chi connectivity index (χ1n) is 20.3. The van der Waals surface area contributed by atoms with Crippen molar-refractivity contribution in [1.29, 1.82) is 0 Å². The number of aliphatic hydroxyl groups is 6. The Morgan fingerprint density at radius 1 is 0.774 bits per heavy atom. The number of fused-ring (bicyclic) bond motifs is 7. The highest BCUT2D eigenvalue weighted by atomic mass is 16.8. The fraction of sp³-hybridized carbons (Fsp3) is 0.927. The summed E-state index contributed by atoms with van der Waals surface area (Å²) in [6, 6.07) is 0. The monoisotopic (exact) mass is 750 g/mol. The summed E-state index contributed by atoms with van der Waals surface area (Å²) in [6.07, 6.45) is -3.30. The summed E-state index contributed by atoms with van der Waals surface area (Å²) in [5.41, 5.74) is -0.391. The van der Waals surface area contributed by atoms with E-state index in [1.807, 2.05) is 0 Å². The van der Waals surface area contributed by atoms with Gasteiger partial charge in [0.05, 0.1) is 30.8 Å². The lowest BCUT2D eigenvalue weighted by Gasteiger charge is -2.73. The van der Waals surface area contributed by atoms with Crippen molar-refractivity contribution in [2.24, 2.45) is 56.7 Å². The van der Waals surface area contributed by atoms with Crippen LogP contribution in [0.15, 0.2) is 12.2 Å². The van der Waals surface area contributed by atoms with E-state index in [0.717, 1.165) is 56.9 Å². The van der Waals surface area contributed by atoms with Gasteiger partial charge < -0.3 is 54.7 Å². The molecule has 20 atom stereocenters. The molecule has 2 aliphatic heterocycles. The maximum absolute atomic E-state index is 13.0. The molecule has 0 bridgehead atoms. The molecule has 7 rings (SSSR count). The lowest BCUT2D eigenvalue weighted by Crippen LogP contribution is -2.68. The van der Waals surface area contributed by atoms with Gasteiger partial charge in [-0.3, -0.25) is 4.79 Å². The highest BCUT2D eigenvalue weighted by Gasteiger charge is 2.72. The fourth-order valence-corrected chi connectivity index (χ4v) is 14.3. The van der Waals surface area contributed by atoms with Crippen molar-refractivity contribution in [3.63, 3.8) is 0 Å². The van der Waals surface area contributed by atoms with E-state index in [-0.39, 0.29) is 40.6 Å². The topological polar surface area (TPSA) is 196 Å². The number of carbonyl (C=O) groups is 1. The average Bonchev–Trinajstić information content (AvgIpc) is 3.66. The van der Waals surface area contributed by atoms with Crippen molar-refractivity contribution in [3.05, 3.63) is 12.2 Å². The predicted molar refractivity (Wildman–Crippen MR) is 192 cm³/mol. The van der Waals surface area contributed by atoms with E-state index in [0.29, 0.717) is 24.7 Å². The van der Waals surface area contributed by atoms with Crippen LogP contribution in [0.4, 0.5) is 0 Å². The molecular formula is C41H66O12. The standard InChI is InChI=1S/C41H66O12/c1-20(2)22-10-15-41(36(48)49)17-16-39(6)23(28(22)41)8-9-26-37(4)13-12-27(38(5,19-43)25(37)11-14-40(26,39)7)52-35-33(30(45)24(18-42)51-35)53-34-32(47)31(46)29(44)21(3)50-34/h21-35,42-47H,1,8-19H2,2-7H3,(H,48,49)/t21?,22-,23+,24?,25+,26+,27-,28+,29?,30?,31?,32?,33?,34?,35?,37-,38-,39+,40+,41-/m0/s1. The number of aliphatic hydroxyl groups excluding tert-OH is 6. The van der Waals surface area contributed by atoms with Crippen LogP contribution >= 0.6 is 0 Å². The Balaban J connectivity index is 1.14. The first-order valence-corrected chi connectivity index (χ1v) is 20.3. The number of hydrogen-bond donors (Lipinski definition) is 7. The van der Waals surface area contributed by atoms with Gasteiger partial charge in [0.1, 0.15) is 36.6 Å². The van der Waals surface area contributed by atoms with E-state index >= 15 is 0 Å². The highest BCUT2D eigenvalue weighted by molar-refractivity contribution is 5.76. The second-order valence-electron chi connectivity index (χ2n) is 19.5. The number of allylic oxidation sites excluding steroid dienone is 1. The molecule has 12 nitrogen and oxygen atoms in total. The summed E-state index contributed by atoms with van der Waals surface area (Å²) in [7, 11) is 0. The van der Waals surface area contributed by atoms with E-state index in [1.165, 1.54) is 0 Å². The minimum absolute atomic E-state index is 0.0137. The van der Waals surface area contributed by atoms with E-state index in [9.17, 15) is 40.5 Å². The minimum atomic E-state index is -1.60. The third-order valence-corrected chi connectivity index (χ3v) is 17.4. The SMILES string of the molecule is C=C(C)[C@@H]1CC[C@]2(C(=O)O)CC[C@]3(C)[C@H](CC[C@@H]4[C@@]5(C)CC[C@H](OC6OC(CO)C(O)C6OC6OC(C)C(O)C(O)C6O)[C@@](C)(CO)[C@@H]5CC[C@]43C)[C@@H]12. The molecule has 5 aliphatic carbocycles. The molecule has 9 unspecified atom stereocenters. The molecule has 12 heteroatoms. The second-order valence-corrected chi connectivity index (χ2v) is 19.5. The maximum atomic E-state index is 13.0. The Morgan fingerprint density at radius 3 is 2.13 bits per heavy atom. The number of ether oxygens (including phenoxy) is 4. The molecule has 7 N–H and O–H groups in total. The minimum Gasteiger partial charge on any atom is -0.481 e. The van der Waals surface area contributed by atoms with Crippen molar-refractivity contribution < 1.29 is 59.5 Å². The first kappa shape index (κ1) is 40.0. The van der Waals surface area contributed by atoms with Crippen LogP contribution in [-0.4, -0.2) is 116 Å². The van der Waals surface area contributed by atoms with Crippen LogP contribution in [0.1, 0.15) is 106 Å². The Hall–Kier alpha value is -1.19. The van der Waals surface area contributed by atoms with Crippen LogP contribution in [0, 0.1) is 56.7 Å². The van der Waals surface area contributed by atoms with Gasteiger partial charge in [-0.1, -0.05) is 39.8 Å². The molecule has 0 aromatic heterocycles. The smallest absolute Gasteiger partial charge is 0.309 e. The van der Waals surface area contributed by atoms with Crippen molar-refractivity contribution in [2.75, 3.05) is 13.2 Å². The quantitative estimate of drug-likeness (QED) is 0.179. The number of carboxylic acids is 1. The molecule has 0 aromatic carbocycles. The molecule has 0 aromatic rings. The maximum Gasteiger partial charge on any atom is 0.309 e. The van der Waals surface area contributed by atoms with Crippen LogP contribution in [0.2, 0.25) is 0 Å². The van der Waals surface area contributed by atoms with Crippen LogP contribution < -0.4 is 0 Å². The van der Waals surface area contributed by atoms with Crippen molar-refractivity contribution >= 4 is 5.97 Å². The molecule has 7 fully saturated rings. The van der Waals surface area contributed by atoms with Gasteiger partial charge in [0, 0.05) is 5.41 Å². The Kier molecular flexibility index (Phi) is 10.4. The Labute approximate surface area is 314 Å². The van der Waals surface area contributed by atoms with Crippen molar-refractivity contribution in [1.82, 2.24) is 0 Å². The third-order valence-electron chi connectivity index (χ3n) is 17.4. The average molecular weight is 751 g/mol. The number of aliphatic carboxylic acids is 1. The summed E-state index contributed by atoms with van der Waals surface area (Å²) >= 11 is 0. The zero-order chi connectivity index (χ0) is 38.6. The predicted octanol–water partition coefficient (Wildman–Crippen LogP) is 3.38. The van der Waals surface area contributed by atoms with Gasteiger partial charge in [0.15, 0.2) is 12.6 Å². The normalized spacial score (nSPS) is 56.5. The molecular weight excluding hydrogens is 684 g/mol. The summed E-state index contributed by atoms with van der Waals surface area (Å²) in [5.74, 6) is 0.491. The Morgan fingerprint density at radius 2 is 1.49 bits per heavy atom. The zero-order valence-electron chi connectivity index (χ0n) is 32.5.